The molecule has 3 nitrogen and oxygen atoms in total. The number of hydrogen-bond donors (Lipinski definition) is 3. The van der Waals surface area contributed by atoms with Crippen molar-refractivity contribution in [1.29, 1.82) is 0 Å². The fourth-order valence-electron chi connectivity index (χ4n) is 0.212. The maximum Gasteiger partial charge on any atom is 0.312 e. The second-order valence-electron chi connectivity index (χ2n) is 1.13. The monoisotopic (exact) mass is 132 g/mol. The van der Waals surface area contributed by atoms with Gasteiger partial charge >= 0.3 is 6.03 Å². The van der Waals surface area contributed by atoms with Gasteiger partial charge in [0.1, 0.15) is 0 Å². The molecular weight excluding hydrogens is 124 g/mol. The predicted molar refractivity (Wildman–Crippen MR) is 35.7 cm³/mol. The zero-order chi connectivity index (χ0) is 6.41. The van der Waals surface area contributed by atoms with Crippen LogP contribution in [0.1, 0.15) is 0 Å². The molecule has 0 saturated carbocycles. The molecule has 0 unspecified atom stereocenters. The molecule has 0 spiro atoms. The molecule has 0 atom stereocenters. The molecule has 0 aliphatic heterocycles. The van der Waals surface area contributed by atoms with Crippen LogP contribution in [-0.4, -0.2) is 12.6 Å². The Kier molecular flexibility index (Phi) is 4.16. The lowest BCUT2D eigenvalue weighted by Gasteiger charge is -1.91. The van der Waals surface area contributed by atoms with Crippen LogP contribution >= 0.6 is 12.6 Å². The molecule has 0 aliphatic rings. The van der Waals surface area contributed by atoms with E-state index < -0.39 is 6.03 Å². The van der Waals surface area contributed by atoms with E-state index >= 15 is 0 Å². The number of carbonyl (C=O) groups is 1. The highest BCUT2D eigenvalue weighted by atomic mass is 32.1. The number of carbonyl (C=O) groups excluding carboxylic acids is 1. The van der Waals surface area contributed by atoms with Crippen molar-refractivity contribution in [3.05, 3.63) is 11.5 Å². The Bertz CT molecular complexity index is 102. The number of hydrogen-bond acceptors (Lipinski definition) is 2. The Balaban J connectivity index is 3.05. The molecule has 0 heterocycles. The van der Waals surface area contributed by atoms with E-state index in [1.807, 2.05) is 0 Å². The minimum Gasteiger partial charge on any atom is -0.352 e. The molecule has 2 amide bonds. The maximum absolute atomic E-state index is 9.93. The van der Waals surface area contributed by atoms with Gasteiger partial charge in [0, 0.05) is 6.54 Å². The van der Waals surface area contributed by atoms with Crippen molar-refractivity contribution in [2.24, 2.45) is 5.73 Å². The Morgan fingerprint density at radius 2 is 2.50 bits per heavy atom. The zero-order valence-corrected chi connectivity index (χ0v) is 5.19. The highest BCUT2D eigenvalue weighted by molar-refractivity contribution is 7.83. The zero-order valence-electron chi connectivity index (χ0n) is 4.29. The van der Waals surface area contributed by atoms with Crippen molar-refractivity contribution in [3.8, 4) is 0 Å². The van der Waals surface area contributed by atoms with E-state index in [1.54, 1.807) is 6.08 Å². The van der Waals surface area contributed by atoms with Crippen LogP contribution in [0.2, 0.25) is 0 Å². The van der Waals surface area contributed by atoms with Crippen LogP contribution < -0.4 is 11.1 Å². The predicted octanol–water partition coefficient (Wildman–Crippen LogP) is 0.0982. The van der Waals surface area contributed by atoms with Crippen LogP contribution in [0.15, 0.2) is 11.5 Å². The molecule has 0 aliphatic carbocycles. The number of amides is 2. The van der Waals surface area contributed by atoms with Crippen LogP contribution in [0.4, 0.5) is 4.79 Å². The summed E-state index contributed by atoms with van der Waals surface area (Å²) < 4.78 is 0. The normalized spacial score (nSPS) is 9.62. The van der Waals surface area contributed by atoms with Gasteiger partial charge in [0.15, 0.2) is 0 Å². The minimum atomic E-state index is -0.517. The molecule has 0 aromatic carbocycles. The summed E-state index contributed by atoms with van der Waals surface area (Å²) in [5.41, 5.74) is 4.72. The quantitative estimate of drug-likeness (QED) is 0.458. The summed E-state index contributed by atoms with van der Waals surface area (Å²) in [5.74, 6) is 0. The number of nitrogens with two attached hydrogens (primary N) is 1. The molecule has 0 rings (SSSR count). The highest BCUT2D eigenvalue weighted by Crippen LogP contribution is 1.72. The summed E-state index contributed by atoms with van der Waals surface area (Å²) in [6, 6.07) is -0.517. The average Bonchev–Trinajstić information content (AvgIpc) is 1.66. The maximum atomic E-state index is 9.93. The fourth-order valence-corrected chi connectivity index (χ4v) is 0.318. The molecule has 0 radical (unpaired) electrons. The van der Waals surface area contributed by atoms with Gasteiger partial charge in [-0.15, -0.1) is 0 Å². The number of rotatable bonds is 2. The van der Waals surface area contributed by atoms with Crippen molar-refractivity contribution in [2.75, 3.05) is 6.54 Å². The van der Waals surface area contributed by atoms with Gasteiger partial charge in [-0.1, -0.05) is 6.08 Å². The van der Waals surface area contributed by atoms with Gasteiger partial charge in [-0.25, -0.2) is 4.79 Å². The van der Waals surface area contributed by atoms with E-state index in [0.29, 0.717) is 6.54 Å². The Labute approximate surface area is 53.4 Å². The first-order valence-corrected chi connectivity index (χ1v) is 2.61. The van der Waals surface area contributed by atoms with Crippen molar-refractivity contribution in [2.45, 2.75) is 0 Å². The van der Waals surface area contributed by atoms with Gasteiger partial charge in [-0.2, -0.15) is 12.6 Å². The van der Waals surface area contributed by atoms with Gasteiger partial charge in [-0.05, 0) is 5.41 Å². The molecular formula is C4H8N2OS. The molecule has 8 heavy (non-hydrogen) atoms. The first kappa shape index (κ1) is 7.36. The Morgan fingerprint density at radius 1 is 1.88 bits per heavy atom. The lowest BCUT2D eigenvalue weighted by atomic mass is 10.6. The van der Waals surface area contributed by atoms with Gasteiger partial charge in [0.2, 0.25) is 0 Å². The molecule has 4 heteroatoms. The van der Waals surface area contributed by atoms with Gasteiger partial charge in [0.25, 0.3) is 0 Å². The van der Waals surface area contributed by atoms with Crippen LogP contribution in [0, 0.1) is 0 Å². The summed E-state index contributed by atoms with van der Waals surface area (Å²) >= 11 is 3.75. The SMILES string of the molecule is NC(=O)NCC=CS. The van der Waals surface area contributed by atoms with Crippen LogP contribution in [0.5, 0.6) is 0 Å². The third-order valence-electron chi connectivity index (χ3n) is 0.500. The number of primary amides is 1. The minimum absolute atomic E-state index is 0.443. The average molecular weight is 132 g/mol. The molecule has 0 fully saturated rings. The van der Waals surface area contributed by atoms with Gasteiger partial charge < -0.3 is 11.1 Å². The third kappa shape index (κ3) is 5.36. The standard InChI is InChI=1S/C4H8N2OS/c5-4(7)6-2-1-3-8/h1,3,8H,2H2,(H3,5,6,7). The summed E-state index contributed by atoms with van der Waals surface area (Å²) in [7, 11) is 0. The van der Waals surface area contributed by atoms with Crippen molar-refractivity contribution in [3.63, 3.8) is 0 Å². The van der Waals surface area contributed by atoms with E-state index in [2.05, 4.69) is 17.9 Å². The van der Waals surface area contributed by atoms with Gasteiger partial charge in [0.05, 0.1) is 0 Å². The second kappa shape index (κ2) is 4.52. The molecule has 0 aromatic heterocycles. The second-order valence-corrected chi connectivity index (χ2v) is 1.43. The van der Waals surface area contributed by atoms with E-state index in [0.717, 1.165) is 0 Å². The van der Waals surface area contributed by atoms with Crippen molar-refractivity contribution in [1.82, 2.24) is 5.32 Å². The molecule has 46 valence electrons. The molecule has 0 bridgehead atoms. The topological polar surface area (TPSA) is 55.1 Å². The van der Waals surface area contributed by atoms with E-state index in [9.17, 15) is 4.79 Å². The van der Waals surface area contributed by atoms with Crippen LogP contribution in [-0.2, 0) is 0 Å². The Morgan fingerprint density at radius 3 is 2.88 bits per heavy atom. The summed E-state index contributed by atoms with van der Waals surface area (Å²) in [6.07, 6.45) is 1.67. The first-order valence-electron chi connectivity index (χ1n) is 2.10. The largest absolute Gasteiger partial charge is 0.352 e. The van der Waals surface area contributed by atoms with Crippen LogP contribution in [0.3, 0.4) is 0 Å². The summed E-state index contributed by atoms with van der Waals surface area (Å²) in [6.45, 7) is 0.443. The summed E-state index contributed by atoms with van der Waals surface area (Å²) in [4.78, 5) is 9.93. The number of urea groups is 1. The lowest BCUT2D eigenvalue weighted by molar-refractivity contribution is 0.250. The van der Waals surface area contributed by atoms with E-state index in [-0.39, 0.29) is 0 Å². The smallest absolute Gasteiger partial charge is 0.312 e. The van der Waals surface area contributed by atoms with Gasteiger partial charge in [-0.3, -0.25) is 0 Å². The summed E-state index contributed by atoms with van der Waals surface area (Å²) in [5, 5.41) is 3.89. The number of nitrogens with one attached hydrogen (secondary N) is 1. The lowest BCUT2D eigenvalue weighted by Crippen LogP contribution is -2.29. The van der Waals surface area contributed by atoms with Crippen molar-refractivity contribution < 1.29 is 4.79 Å². The Hall–Kier alpha value is -0.640. The fraction of sp³-hybridized carbons (Fsp3) is 0.250. The van der Waals surface area contributed by atoms with E-state index in [1.165, 1.54) is 5.41 Å². The molecule has 0 saturated heterocycles. The number of thiol groups is 1. The van der Waals surface area contributed by atoms with Crippen LogP contribution in [0.25, 0.3) is 0 Å². The van der Waals surface area contributed by atoms with Crippen molar-refractivity contribution >= 4 is 18.7 Å². The molecule has 3 N–H and O–H groups in total. The third-order valence-corrected chi connectivity index (χ3v) is 0.710. The molecule has 0 aromatic rings. The van der Waals surface area contributed by atoms with E-state index in [4.69, 9.17) is 5.73 Å². The highest BCUT2D eigenvalue weighted by Gasteiger charge is 1.82. The first-order chi connectivity index (χ1) is 3.77.